The number of ether oxygens (including phenoxy) is 2. The van der Waals surface area contributed by atoms with Crippen molar-refractivity contribution < 1.29 is 29.0 Å². The molecule has 0 bridgehead atoms. The van der Waals surface area contributed by atoms with Gasteiger partial charge in [0, 0.05) is 11.1 Å². The monoisotopic (exact) mass is 312 g/mol. The molecule has 0 radical (unpaired) electrons. The molecule has 0 aromatic heterocycles. The fourth-order valence-electron chi connectivity index (χ4n) is 2.69. The molecule has 0 heterocycles. The van der Waals surface area contributed by atoms with Crippen molar-refractivity contribution in [2.45, 2.75) is 0 Å². The van der Waals surface area contributed by atoms with Gasteiger partial charge < -0.3 is 14.6 Å². The SMILES string of the molecule is COc1ccc(OC)c2c1C(=O)c1ccc(C(=O)O)cc1C2=O. The summed E-state index contributed by atoms with van der Waals surface area (Å²) in [5.74, 6) is -1.52. The topological polar surface area (TPSA) is 89.9 Å². The molecular weight excluding hydrogens is 300 g/mol. The molecule has 1 N–H and O–H groups in total. The van der Waals surface area contributed by atoms with Gasteiger partial charge in [0.25, 0.3) is 0 Å². The summed E-state index contributed by atoms with van der Waals surface area (Å²) < 4.78 is 10.4. The maximum absolute atomic E-state index is 12.8. The van der Waals surface area contributed by atoms with Crippen LogP contribution < -0.4 is 9.47 Å². The zero-order valence-corrected chi connectivity index (χ0v) is 12.4. The van der Waals surface area contributed by atoms with E-state index in [1.54, 1.807) is 6.07 Å². The minimum Gasteiger partial charge on any atom is -0.496 e. The first-order valence-corrected chi connectivity index (χ1v) is 6.71. The maximum Gasteiger partial charge on any atom is 0.335 e. The molecule has 23 heavy (non-hydrogen) atoms. The molecule has 0 atom stereocenters. The lowest BCUT2D eigenvalue weighted by molar-refractivity contribution is 0.0696. The van der Waals surface area contributed by atoms with Crippen molar-refractivity contribution in [3.63, 3.8) is 0 Å². The summed E-state index contributed by atoms with van der Waals surface area (Å²) in [6, 6.07) is 6.94. The highest BCUT2D eigenvalue weighted by atomic mass is 16.5. The van der Waals surface area contributed by atoms with E-state index in [0.717, 1.165) is 0 Å². The average Bonchev–Trinajstić information content (AvgIpc) is 2.57. The van der Waals surface area contributed by atoms with Crippen LogP contribution >= 0.6 is 0 Å². The van der Waals surface area contributed by atoms with Gasteiger partial charge in [-0.15, -0.1) is 0 Å². The smallest absolute Gasteiger partial charge is 0.335 e. The molecule has 3 rings (SSSR count). The van der Waals surface area contributed by atoms with Crippen molar-refractivity contribution in [1.82, 2.24) is 0 Å². The molecule has 0 amide bonds. The van der Waals surface area contributed by atoms with Crippen LogP contribution in [-0.4, -0.2) is 36.9 Å². The molecule has 2 aromatic carbocycles. The molecular formula is C17H12O6. The Morgan fingerprint density at radius 1 is 0.870 bits per heavy atom. The predicted octanol–water partition coefficient (Wildman–Crippen LogP) is 2.18. The van der Waals surface area contributed by atoms with Crippen LogP contribution in [0.1, 0.15) is 42.2 Å². The standard InChI is InChI=1S/C17H12O6/c1-22-11-5-6-12(23-2)14-13(11)15(18)9-4-3-8(17(20)21)7-10(9)16(14)19/h3-7H,1-2H3,(H,20,21). The van der Waals surface area contributed by atoms with E-state index in [-0.39, 0.29) is 39.3 Å². The van der Waals surface area contributed by atoms with Crippen LogP contribution in [0.3, 0.4) is 0 Å². The van der Waals surface area contributed by atoms with Gasteiger partial charge in [-0.2, -0.15) is 0 Å². The fourth-order valence-corrected chi connectivity index (χ4v) is 2.69. The number of carboxylic acids is 1. The average molecular weight is 312 g/mol. The zero-order chi connectivity index (χ0) is 16.7. The molecule has 6 nitrogen and oxygen atoms in total. The number of fused-ring (bicyclic) bond motifs is 2. The third kappa shape index (κ3) is 2.07. The van der Waals surface area contributed by atoms with Crippen molar-refractivity contribution in [1.29, 1.82) is 0 Å². The Hall–Kier alpha value is -3.15. The van der Waals surface area contributed by atoms with Gasteiger partial charge in [0.2, 0.25) is 0 Å². The Morgan fingerprint density at radius 2 is 1.39 bits per heavy atom. The minimum atomic E-state index is -1.17. The lowest BCUT2D eigenvalue weighted by Crippen LogP contribution is -2.23. The van der Waals surface area contributed by atoms with Gasteiger partial charge in [0.1, 0.15) is 11.5 Å². The molecule has 1 aliphatic rings. The molecule has 0 saturated heterocycles. The third-order valence-electron chi connectivity index (χ3n) is 3.78. The van der Waals surface area contributed by atoms with Crippen molar-refractivity contribution in [2.24, 2.45) is 0 Å². The number of aromatic carboxylic acids is 1. The molecule has 0 unspecified atom stereocenters. The van der Waals surface area contributed by atoms with Crippen molar-refractivity contribution in [3.8, 4) is 11.5 Å². The van der Waals surface area contributed by atoms with Crippen LogP contribution in [-0.2, 0) is 0 Å². The zero-order valence-electron chi connectivity index (χ0n) is 12.4. The molecule has 0 fully saturated rings. The number of carbonyl (C=O) groups is 3. The third-order valence-corrected chi connectivity index (χ3v) is 3.78. The summed E-state index contributed by atoms with van der Waals surface area (Å²) in [7, 11) is 2.80. The number of carboxylic acid groups (broad SMARTS) is 1. The van der Waals surface area contributed by atoms with E-state index < -0.39 is 17.5 Å². The van der Waals surface area contributed by atoms with Gasteiger partial charge in [-0.05, 0) is 30.3 Å². The number of hydrogen-bond acceptors (Lipinski definition) is 5. The Labute approximate surface area is 131 Å². The first kappa shape index (κ1) is 14.8. The van der Waals surface area contributed by atoms with Crippen LogP contribution in [0.25, 0.3) is 0 Å². The number of rotatable bonds is 3. The van der Waals surface area contributed by atoms with Crippen molar-refractivity contribution in [3.05, 3.63) is 58.1 Å². The van der Waals surface area contributed by atoms with Crippen LogP contribution in [0, 0.1) is 0 Å². The van der Waals surface area contributed by atoms with E-state index in [4.69, 9.17) is 14.6 Å². The summed E-state index contributed by atoms with van der Waals surface area (Å²) in [5, 5.41) is 9.08. The largest absolute Gasteiger partial charge is 0.496 e. The summed E-state index contributed by atoms with van der Waals surface area (Å²) in [6.45, 7) is 0. The normalized spacial score (nSPS) is 12.4. The number of methoxy groups -OCH3 is 2. The van der Waals surface area contributed by atoms with E-state index in [2.05, 4.69) is 0 Å². The van der Waals surface area contributed by atoms with Gasteiger partial charge in [0.05, 0.1) is 30.9 Å². The Morgan fingerprint density at radius 3 is 1.87 bits per heavy atom. The molecule has 116 valence electrons. The predicted molar refractivity (Wildman–Crippen MR) is 79.8 cm³/mol. The van der Waals surface area contributed by atoms with Gasteiger partial charge >= 0.3 is 5.97 Å². The van der Waals surface area contributed by atoms with Crippen LogP contribution in [0.5, 0.6) is 11.5 Å². The number of carbonyl (C=O) groups excluding carboxylic acids is 2. The summed E-state index contributed by atoms with van der Waals surface area (Å²) in [6.07, 6.45) is 0. The lowest BCUT2D eigenvalue weighted by atomic mass is 9.82. The highest BCUT2D eigenvalue weighted by Gasteiger charge is 2.35. The minimum absolute atomic E-state index is 0.0500. The first-order valence-electron chi connectivity index (χ1n) is 6.71. The number of ketones is 2. The van der Waals surface area contributed by atoms with Crippen LogP contribution in [0.2, 0.25) is 0 Å². The van der Waals surface area contributed by atoms with Crippen LogP contribution in [0.4, 0.5) is 0 Å². The first-order chi connectivity index (χ1) is 11.0. The number of benzene rings is 2. The van der Waals surface area contributed by atoms with Gasteiger partial charge in [-0.25, -0.2) is 4.79 Å². The van der Waals surface area contributed by atoms with Gasteiger partial charge in [0.15, 0.2) is 11.6 Å². The summed E-state index contributed by atoms with van der Waals surface area (Å²) >= 11 is 0. The second kappa shape index (κ2) is 5.24. The fraction of sp³-hybridized carbons (Fsp3) is 0.118. The van der Waals surface area contributed by atoms with Crippen molar-refractivity contribution in [2.75, 3.05) is 14.2 Å². The molecule has 0 spiro atoms. The van der Waals surface area contributed by atoms with E-state index in [0.29, 0.717) is 0 Å². The number of hydrogen-bond donors (Lipinski definition) is 1. The molecule has 0 aliphatic heterocycles. The van der Waals surface area contributed by atoms with E-state index in [9.17, 15) is 14.4 Å². The summed E-state index contributed by atoms with van der Waals surface area (Å²) in [4.78, 5) is 36.6. The Balaban J connectivity index is 2.32. The lowest BCUT2D eigenvalue weighted by Gasteiger charge is -2.21. The molecule has 0 saturated carbocycles. The van der Waals surface area contributed by atoms with Crippen molar-refractivity contribution >= 4 is 17.5 Å². The maximum atomic E-state index is 12.8. The molecule has 2 aromatic rings. The highest BCUT2D eigenvalue weighted by Crippen LogP contribution is 2.38. The molecule has 6 heteroatoms. The second-order valence-electron chi connectivity index (χ2n) is 4.94. The summed E-state index contributed by atoms with van der Waals surface area (Å²) in [5.41, 5.74) is 0.363. The van der Waals surface area contributed by atoms with Gasteiger partial charge in [-0.3, -0.25) is 9.59 Å². The quantitative estimate of drug-likeness (QED) is 0.797. The highest BCUT2D eigenvalue weighted by molar-refractivity contribution is 6.30. The Bertz CT molecular complexity index is 866. The van der Waals surface area contributed by atoms with E-state index in [1.807, 2.05) is 0 Å². The molecule has 1 aliphatic carbocycles. The Kier molecular flexibility index (Phi) is 3.37. The van der Waals surface area contributed by atoms with Crippen LogP contribution in [0.15, 0.2) is 30.3 Å². The second-order valence-corrected chi connectivity index (χ2v) is 4.94. The van der Waals surface area contributed by atoms with Gasteiger partial charge in [-0.1, -0.05) is 0 Å². The van der Waals surface area contributed by atoms with E-state index in [1.165, 1.54) is 38.5 Å². The van der Waals surface area contributed by atoms with E-state index >= 15 is 0 Å².